The quantitative estimate of drug-likeness (QED) is 0.504. The molecular weight excluding hydrogens is 437 g/mol. The van der Waals surface area contributed by atoms with Crippen LogP contribution in [0.2, 0.25) is 0 Å². The molecule has 0 radical (unpaired) electrons. The minimum atomic E-state index is -1.64. The number of aryl methyl sites for hydroxylation is 1. The summed E-state index contributed by atoms with van der Waals surface area (Å²) in [6.07, 6.45) is 3.22. The number of nitrogens with zero attached hydrogens (tertiary/aromatic N) is 4. The van der Waals surface area contributed by atoms with E-state index in [0.717, 1.165) is 10.9 Å². The number of pyridine rings is 2. The fraction of sp³-hybridized carbons (Fsp3) is 0.240. The number of ether oxygens (including phenoxy) is 1. The van der Waals surface area contributed by atoms with Crippen LogP contribution in [-0.4, -0.2) is 32.3 Å². The lowest BCUT2D eigenvalue weighted by atomic mass is 9.90. The van der Waals surface area contributed by atoms with Gasteiger partial charge < -0.3 is 10.1 Å². The van der Waals surface area contributed by atoms with Gasteiger partial charge in [-0.25, -0.2) is 14.1 Å². The van der Waals surface area contributed by atoms with Gasteiger partial charge in [-0.05, 0) is 54.4 Å². The van der Waals surface area contributed by atoms with Crippen molar-refractivity contribution < 1.29 is 13.9 Å². The van der Waals surface area contributed by atoms with Crippen molar-refractivity contribution in [3.8, 4) is 11.3 Å². The van der Waals surface area contributed by atoms with Crippen molar-refractivity contribution in [3.63, 3.8) is 0 Å². The molecule has 3 aromatic heterocycles. The Morgan fingerprint density at radius 3 is 2.94 bits per heavy atom. The van der Waals surface area contributed by atoms with E-state index >= 15 is 0 Å². The van der Waals surface area contributed by atoms with Crippen molar-refractivity contribution in [2.45, 2.75) is 25.7 Å². The third-order valence-electron chi connectivity index (χ3n) is 5.91. The number of aromatic nitrogens is 4. The summed E-state index contributed by atoms with van der Waals surface area (Å²) < 4.78 is 21.4. The number of hydrogen-bond acceptors (Lipinski definition) is 6. The van der Waals surface area contributed by atoms with Crippen molar-refractivity contribution in [2.24, 2.45) is 7.05 Å². The van der Waals surface area contributed by atoms with Gasteiger partial charge in [0.05, 0.1) is 42.2 Å². The van der Waals surface area contributed by atoms with Gasteiger partial charge in [-0.2, -0.15) is 5.10 Å². The van der Waals surface area contributed by atoms with Gasteiger partial charge in [0.2, 0.25) is 0 Å². The second-order valence-corrected chi connectivity index (χ2v) is 8.48. The van der Waals surface area contributed by atoms with Crippen LogP contribution in [0.15, 0.2) is 59.7 Å². The number of amides is 1. The highest BCUT2D eigenvalue weighted by molar-refractivity contribution is 5.94. The molecule has 5 rings (SSSR count). The first-order valence-electron chi connectivity index (χ1n) is 10.8. The maximum atomic E-state index is 14.8. The molecule has 0 fully saturated rings. The van der Waals surface area contributed by atoms with Crippen molar-refractivity contribution >= 4 is 16.8 Å². The number of benzene rings is 1. The molecule has 4 aromatic rings. The summed E-state index contributed by atoms with van der Waals surface area (Å²) in [5.41, 5.74) is 1.96. The molecule has 0 aliphatic carbocycles. The number of nitrogens with one attached hydrogen (secondary N) is 1. The van der Waals surface area contributed by atoms with Crippen LogP contribution in [0, 0.1) is 0 Å². The van der Waals surface area contributed by atoms with Crippen LogP contribution in [0.4, 0.5) is 4.39 Å². The topological polar surface area (TPSA) is 99.0 Å². The summed E-state index contributed by atoms with van der Waals surface area (Å²) in [6.45, 7) is 1.92. The summed E-state index contributed by atoms with van der Waals surface area (Å²) in [6, 6.07) is 12.0. The fourth-order valence-electron chi connectivity index (χ4n) is 4.04. The molecule has 4 heterocycles. The molecule has 1 N–H and O–H groups in total. The predicted molar refractivity (Wildman–Crippen MR) is 124 cm³/mol. The zero-order chi connectivity index (χ0) is 23.9. The maximum Gasteiger partial charge on any atom is 0.275 e. The van der Waals surface area contributed by atoms with Gasteiger partial charge in [0.1, 0.15) is 0 Å². The predicted octanol–water partition coefficient (Wildman–Crippen LogP) is 3.04. The average Bonchev–Trinajstić information content (AvgIpc) is 2.83. The van der Waals surface area contributed by atoms with Crippen LogP contribution in [0.25, 0.3) is 22.2 Å². The average molecular weight is 459 g/mol. The third-order valence-corrected chi connectivity index (χ3v) is 5.91. The Balaban J connectivity index is 1.37. The SMILES string of the molecule is Cn1nccc(-c2ccc3cnc(CNC(=O)c4ccc5c(c4)[C@](C)(F)COC5)cc3n2)c1=O. The Hall–Kier alpha value is -3.98. The van der Waals surface area contributed by atoms with Gasteiger partial charge in [0, 0.05) is 30.4 Å². The van der Waals surface area contributed by atoms with Crippen LogP contribution >= 0.6 is 0 Å². The summed E-state index contributed by atoms with van der Waals surface area (Å²) >= 11 is 0. The first kappa shape index (κ1) is 21.8. The highest BCUT2D eigenvalue weighted by Crippen LogP contribution is 2.34. The number of carbonyl (C=O) groups is 1. The van der Waals surface area contributed by atoms with Crippen LogP contribution in [-0.2, 0) is 30.6 Å². The van der Waals surface area contributed by atoms with Gasteiger partial charge >= 0.3 is 0 Å². The normalized spacial score (nSPS) is 17.4. The minimum Gasteiger partial charge on any atom is -0.373 e. The van der Waals surface area contributed by atoms with E-state index in [2.05, 4.69) is 20.4 Å². The maximum absolute atomic E-state index is 14.8. The molecule has 0 spiro atoms. The van der Waals surface area contributed by atoms with Crippen molar-refractivity contribution in [2.75, 3.05) is 6.61 Å². The monoisotopic (exact) mass is 459 g/mol. The van der Waals surface area contributed by atoms with Crippen LogP contribution in [0.1, 0.15) is 34.1 Å². The summed E-state index contributed by atoms with van der Waals surface area (Å²) in [5.74, 6) is -0.325. The largest absolute Gasteiger partial charge is 0.373 e. The lowest BCUT2D eigenvalue weighted by molar-refractivity contribution is -0.00467. The second-order valence-electron chi connectivity index (χ2n) is 8.48. The van der Waals surface area contributed by atoms with Crippen molar-refractivity contribution in [1.29, 1.82) is 0 Å². The number of carbonyl (C=O) groups excluding carboxylic acids is 1. The van der Waals surface area contributed by atoms with Crippen molar-refractivity contribution in [1.82, 2.24) is 25.1 Å². The molecule has 172 valence electrons. The third kappa shape index (κ3) is 4.06. The molecule has 0 bridgehead atoms. The Labute approximate surface area is 194 Å². The lowest BCUT2D eigenvalue weighted by Crippen LogP contribution is -2.30. The van der Waals surface area contributed by atoms with E-state index in [1.165, 1.54) is 11.6 Å². The molecule has 1 aromatic carbocycles. The van der Waals surface area contributed by atoms with Crippen LogP contribution in [0.3, 0.4) is 0 Å². The van der Waals surface area contributed by atoms with Gasteiger partial charge in [-0.3, -0.25) is 14.6 Å². The van der Waals surface area contributed by atoms with E-state index in [9.17, 15) is 14.0 Å². The highest BCUT2D eigenvalue weighted by Gasteiger charge is 2.33. The van der Waals surface area contributed by atoms with Gasteiger partial charge in [-0.15, -0.1) is 0 Å². The Morgan fingerprint density at radius 2 is 2.09 bits per heavy atom. The molecule has 9 heteroatoms. The number of hydrogen-bond donors (Lipinski definition) is 1. The van der Waals surface area contributed by atoms with Crippen molar-refractivity contribution in [3.05, 3.63) is 87.6 Å². The number of alkyl halides is 1. The van der Waals surface area contributed by atoms with Crippen LogP contribution < -0.4 is 10.9 Å². The molecule has 0 unspecified atom stereocenters. The molecule has 1 aliphatic rings. The molecule has 1 aliphatic heterocycles. The Bertz CT molecular complexity index is 1480. The summed E-state index contributed by atoms with van der Waals surface area (Å²) in [7, 11) is 1.59. The second kappa shape index (κ2) is 8.42. The number of fused-ring (bicyclic) bond motifs is 2. The van der Waals surface area contributed by atoms with E-state index in [0.29, 0.717) is 40.2 Å². The van der Waals surface area contributed by atoms with E-state index in [1.54, 1.807) is 55.8 Å². The van der Waals surface area contributed by atoms with Crippen LogP contribution in [0.5, 0.6) is 0 Å². The molecular formula is C25H22FN5O3. The molecule has 34 heavy (non-hydrogen) atoms. The Morgan fingerprint density at radius 1 is 1.24 bits per heavy atom. The molecule has 1 atom stereocenters. The lowest BCUT2D eigenvalue weighted by Gasteiger charge is -2.29. The first-order chi connectivity index (χ1) is 16.3. The summed E-state index contributed by atoms with van der Waals surface area (Å²) in [4.78, 5) is 34.1. The fourth-order valence-corrected chi connectivity index (χ4v) is 4.04. The zero-order valence-electron chi connectivity index (χ0n) is 18.7. The van der Waals surface area contributed by atoms with E-state index in [1.807, 2.05) is 6.07 Å². The minimum absolute atomic E-state index is 0.0351. The smallest absolute Gasteiger partial charge is 0.275 e. The standard InChI is InChI=1S/C25H22FN5O3/c1-25(26)14-34-13-17-4-3-15(9-20(17)25)23(32)28-12-18-10-22-16(11-27-18)5-6-21(30-22)19-7-8-29-31(2)24(19)33/h3-11H,12-14H2,1-2H3,(H,28,32)/t25-/m1/s1. The van der Waals surface area contributed by atoms with E-state index in [4.69, 9.17) is 4.74 Å². The molecule has 0 saturated carbocycles. The van der Waals surface area contributed by atoms with Gasteiger partial charge in [0.25, 0.3) is 11.5 Å². The highest BCUT2D eigenvalue weighted by atomic mass is 19.1. The number of halogens is 1. The Kier molecular flexibility index (Phi) is 5.41. The number of rotatable bonds is 4. The van der Waals surface area contributed by atoms with Gasteiger partial charge in [-0.1, -0.05) is 6.07 Å². The van der Waals surface area contributed by atoms with E-state index in [-0.39, 0.29) is 24.6 Å². The molecule has 0 saturated heterocycles. The summed E-state index contributed by atoms with van der Waals surface area (Å²) in [5, 5.41) is 7.58. The van der Waals surface area contributed by atoms with Gasteiger partial charge in [0.15, 0.2) is 5.67 Å². The van der Waals surface area contributed by atoms with E-state index < -0.39 is 5.67 Å². The first-order valence-corrected chi connectivity index (χ1v) is 10.8. The molecule has 1 amide bonds. The molecule has 8 nitrogen and oxygen atoms in total. The zero-order valence-corrected chi connectivity index (χ0v) is 18.7.